The van der Waals surface area contributed by atoms with Crippen LogP contribution in [0.25, 0.3) is 21.5 Å². The van der Waals surface area contributed by atoms with Gasteiger partial charge < -0.3 is 0 Å². The molecule has 0 atom stereocenters. The summed E-state index contributed by atoms with van der Waals surface area (Å²) >= 11 is 3.42. The lowest BCUT2D eigenvalue weighted by Gasteiger charge is -1.94. The molecule has 0 saturated carbocycles. The summed E-state index contributed by atoms with van der Waals surface area (Å²) in [5, 5.41) is 3.49. The standard InChI is InChI=1S/C16H11BrO/c1-10-2-7-14-12(8-10)4-3-11-5-6-13(17)9-15(11)16(14)18/h2-9H,1H3. The Balaban J connectivity index is 2.61. The zero-order valence-electron chi connectivity index (χ0n) is 9.91. The average Bonchev–Trinajstić information content (AvgIpc) is 2.48. The minimum atomic E-state index is 0.0892. The maximum atomic E-state index is 12.5. The van der Waals surface area contributed by atoms with E-state index in [-0.39, 0.29) is 5.43 Å². The number of benzene rings is 2. The van der Waals surface area contributed by atoms with E-state index in [1.54, 1.807) is 0 Å². The minimum Gasteiger partial charge on any atom is -0.289 e. The molecule has 0 amide bonds. The number of rotatable bonds is 0. The quantitative estimate of drug-likeness (QED) is 0.600. The van der Waals surface area contributed by atoms with Gasteiger partial charge in [-0.15, -0.1) is 0 Å². The van der Waals surface area contributed by atoms with Crippen LogP contribution in [0.3, 0.4) is 0 Å². The Hall–Kier alpha value is -1.67. The Morgan fingerprint density at radius 2 is 1.56 bits per heavy atom. The SMILES string of the molecule is Cc1ccc2c(=O)c3cc(Br)ccc3ccc2c1. The number of hydrogen-bond donors (Lipinski definition) is 0. The predicted molar refractivity (Wildman–Crippen MR) is 80.2 cm³/mol. The second-order valence-corrected chi connectivity index (χ2v) is 5.40. The first-order valence-electron chi connectivity index (χ1n) is 5.78. The van der Waals surface area contributed by atoms with E-state index in [0.717, 1.165) is 26.0 Å². The van der Waals surface area contributed by atoms with Gasteiger partial charge in [0.2, 0.25) is 0 Å². The normalized spacial score (nSPS) is 11.0. The third-order valence-electron chi connectivity index (χ3n) is 3.15. The van der Waals surface area contributed by atoms with Crippen molar-refractivity contribution in [1.82, 2.24) is 0 Å². The molecule has 0 aromatic heterocycles. The molecule has 0 heterocycles. The highest BCUT2D eigenvalue weighted by Crippen LogP contribution is 2.20. The Kier molecular flexibility index (Phi) is 2.67. The second-order valence-electron chi connectivity index (χ2n) is 4.48. The summed E-state index contributed by atoms with van der Waals surface area (Å²) in [5.74, 6) is 0. The van der Waals surface area contributed by atoms with Gasteiger partial charge in [0.05, 0.1) is 0 Å². The first-order chi connectivity index (χ1) is 8.65. The Morgan fingerprint density at radius 3 is 2.39 bits per heavy atom. The van der Waals surface area contributed by atoms with Gasteiger partial charge in [-0.05, 0) is 29.8 Å². The molecule has 2 heteroatoms. The average molecular weight is 299 g/mol. The van der Waals surface area contributed by atoms with E-state index < -0.39 is 0 Å². The number of fused-ring (bicyclic) bond motifs is 2. The van der Waals surface area contributed by atoms with E-state index in [1.165, 1.54) is 5.56 Å². The molecule has 0 aliphatic rings. The van der Waals surface area contributed by atoms with Crippen LogP contribution in [0.5, 0.6) is 0 Å². The maximum absolute atomic E-state index is 12.5. The van der Waals surface area contributed by atoms with Crippen LogP contribution in [0.2, 0.25) is 0 Å². The summed E-state index contributed by atoms with van der Waals surface area (Å²) in [6.07, 6.45) is 0. The van der Waals surface area contributed by atoms with E-state index in [9.17, 15) is 4.79 Å². The molecule has 0 radical (unpaired) electrons. The molecule has 0 unspecified atom stereocenters. The Morgan fingerprint density at radius 1 is 0.833 bits per heavy atom. The second kappa shape index (κ2) is 4.21. The minimum absolute atomic E-state index is 0.0892. The van der Waals surface area contributed by atoms with Crippen LogP contribution in [0.15, 0.2) is 57.8 Å². The van der Waals surface area contributed by atoms with Crippen LogP contribution in [-0.2, 0) is 0 Å². The van der Waals surface area contributed by atoms with Gasteiger partial charge in [0.15, 0.2) is 5.43 Å². The van der Waals surface area contributed by atoms with Gasteiger partial charge in [0.1, 0.15) is 0 Å². The summed E-state index contributed by atoms with van der Waals surface area (Å²) in [6.45, 7) is 2.03. The van der Waals surface area contributed by atoms with E-state index in [4.69, 9.17) is 0 Å². The number of aryl methyl sites for hydroxylation is 1. The highest BCUT2D eigenvalue weighted by Gasteiger charge is 2.03. The van der Waals surface area contributed by atoms with E-state index in [2.05, 4.69) is 15.9 Å². The van der Waals surface area contributed by atoms with Crippen molar-refractivity contribution in [3.05, 3.63) is 68.8 Å². The molecule has 3 aromatic rings. The van der Waals surface area contributed by atoms with Crippen molar-refractivity contribution in [3.8, 4) is 0 Å². The predicted octanol–water partition coefficient (Wildman–Crippen LogP) is 4.42. The Bertz CT molecular complexity index is 822. The summed E-state index contributed by atoms with van der Waals surface area (Å²) in [5.41, 5.74) is 1.25. The van der Waals surface area contributed by atoms with Crippen molar-refractivity contribution in [3.63, 3.8) is 0 Å². The molecule has 0 saturated heterocycles. The first kappa shape index (κ1) is 11.4. The van der Waals surface area contributed by atoms with E-state index in [1.807, 2.05) is 55.5 Å². The zero-order chi connectivity index (χ0) is 12.7. The first-order valence-corrected chi connectivity index (χ1v) is 6.57. The van der Waals surface area contributed by atoms with Gasteiger partial charge in [0, 0.05) is 15.2 Å². The van der Waals surface area contributed by atoms with E-state index >= 15 is 0 Å². The van der Waals surface area contributed by atoms with Gasteiger partial charge in [-0.25, -0.2) is 0 Å². The maximum Gasteiger partial charge on any atom is 0.194 e. The van der Waals surface area contributed by atoms with Crippen molar-refractivity contribution < 1.29 is 0 Å². The lowest BCUT2D eigenvalue weighted by Crippen LogP contribution is -1.98. The topological polar surface area (TPSA) is 17.1 Å². The van der Waals surface area contributed by atoms with Gasteiger partial charge in [-0.3, -0.25) is 4.79 Å². The molecule has 0 N–H and O–H groups in total. The van der Waals surface area contributed by atoms with Crippen LogP contribution in [0, 0.1) is 6.92 Å². The van der Waals surface area contributed by atoms with Crippen LogP contribution in [0.1, 0.15) is 5.56 Å². The van der Waals surface area contributed by atoms with Gasteiger partial charge in [-0.1, -0.05) is 57.9 Å². The highest BCUT2D eigenvalue weighted by molar-refractivity contribution is 9.10. The number of hydrogen-bond acceptors (Lipinski definition) is 1. The number of halogens is 1. The molecule has 0 aliphatic carbocycles. The molecule has 1 nitrogen and oxygen atoms in total. The molecule has 3 rings (SSSR count). The molecular weight excluding hydrogens is 288 g/mol. The molecule has 18 heavy (non-hydrogen) atoms. The van der Waals surface area contributed by atoms with E-state index in [0.29, 0.717) is 0 Å². The van der Waals surface area contributed by atoms with Crippen LogP contribution in [-0.4, -0.2) is 0 Å². The van der Waals surface area contributed by atoms with Gasteiger partial charge >= 0.3 is 0 Å². The molecule has 0 fully saturated rings. The smallest absolute Gasteiger partial charge is 0.194 e. The van der Waals surface area contributed by atoms with Gasteiger partial charge in [-0.2, -0.15) is 0 Å². The van der Waals surface area contributed by atoms with Crippen LogP contribution >= 0.6 is 15.9 Å². The third-order valence-corrected chi connectivity index (χ3v) is 3.65. The lowest BCUT2D eigenvalue weighted by molar-refractivity contribution is 1.51. The zero-order valence-corrected chi connectivity index (χ0v) is 11.5. The monoisotopic (exact) mass is 298 g/mol. The fourth-order valence-corrected chi connectivity index (χ4v) is 2.58. The van der Waals surface area contributed by atoms with Gasteiger partial charge in [0.25, 0.3) is 0 Å². The molecule has 88 valence electrons. The van der Waals surface area contributed by atoms with Crippen molar-refractivity contribution in [2.24, 2.45) is 0 Å². The molecule has 0 spiro atoms. The van der Waals surface area contributed by atoms with Crippen molar-refractivity contribution in [1.29, 1.82) is 0 Å². The van der Waals surface area contributed by atoms with Crippen molar-refractivity contribution in [2.45, 2.75) is 6.92 Å². The fraction of sp³-hybridized carbons (Fsp3) is 0.0625. The Labute approximate surface area is 113 Å². The molecule has 3 aromatic carbocycles. The molecule has 0 aliphatic heterocycles. The summed E-state index contributed by atoms with van der Waals surface area (Å²) in [7, 11) is 0. The van der Waals surface area contributed by atoms with Crippen molar-refractivity contribution in [2.75, 3.05) is 0 Å². The fourth-order valence-electron chi connectivity index (χ4n) is 2.22. The highest BCUT2D eigenvalue weighted by atomic mass is 79.9. The summed E-state index contributed by atoms with van der Waals surface area (Å²) in [4.78, 5) is 12.5. The largest absolute Gasteiger partial charge is 0.289 e. The summed E-state index contributed by atoms with van der Waals surface area (Å²) in [6, 6.07) is 15.8. The van der Waals surface area contributed by atoms with Crippen LogP contribution < -0.4 is 5.43 Å². The molecule has 0 bridgehead atoms. The van der Waals surface area contributed by atoms with Crippen LogP contribution in [0.4, 0.5) is 0 Å². The summed E-state index contributed by atoms with van der Waals surface area (Å²) < 4.78 is 0.929. The lowest BCUT2D eigenvalue weighted by atomic mass is 10.1. The van der Waals surface area contributed by atoms with Crippen molar-refractivity contribution >= 4 is 37.5 Å². The molecular formula is C16H11BrO. The third kappa shape index (κ3) is 1.83.